The summed E-state index contributed by atoms with van der Waals surface area (Å²) in [4.78, 5) is 10.7. The normalized spacial score (nSPS) is 25.3. The Hall–Kier alpha value is -1.35. The van der Waals surface area contributed by atoms with Crippen molar-refractivity contribution in [3.05, 3.63) is 35.9 Å². The van der Waals surface area contributed by atoms with Crippen molar-refractivity contribution in [1.29, 1.82) is 0 Å². The third-order valence-corrected chi connectivity index (χ3v) is 2.89. The van der Waals surface area contributed by atoms with Crippen LogP contribution in [-0.2, 0) is 11.2 Å². The summed E-state index contributed by atoms with van der Waals surface area (Å²) in [6.07, 6.45) is 1.71. The van der Waals surface area contributed by atoms with Crippen molar-refractivity contribution in [2.75, 3.05) is 6.54 Å². The molecule has 0 amide bonds. The Labute approximate surface area is 89.1 Å². The molecule has 0 bridgehead atoms. The van der Waals surface area contributed by atoms with Crippen LogP contribution in [0.2, 0.25) is 0 Å². The fourth-order valence-corrected chi connectivity index (χ4v) is 2.10. The van der Waals surface area contributed by atoms with Crippen LogP contribution in [0, 0.1) is 5.92 Å². The van der Waals surface area contributed by atoms with Crippen LogP contribution >= 0.6 is 0 Å². The number of carboxylic acid groups (broad SMARTS) is 1. The van der Waals surface area contributed by atoms with Crippen LogP contribution in [0.3, 0.4) is 0 Å². The summed E-state index contributed by atoms with van der Waals surface area (Å²) in [7, 11) is 0. The van der Waals surface area contributed by atoms with Gasteiger partial charge in [-0.2, -0.15) is 0 Å². The van der Waals surface area contributed by atoms with Gasteiger partial charge in [0, 0.05) is 0 Å². The van der Waals surface area contributed by atoms with Gasteiger partial charge in [-0.05, 0) is 30.9 Å². The number of benzene rings is 1. The summed E-state index contributed by atoms with van der Waals surface area (Å²) < 4.78 is 0. The molecule has 15 heavy (non-hydrogen) atoms. The Bertz CT molecular complexity index is 337. The van der Waals surface area contributed by atoms with E-state index in [0.29, 0.717) is 5.92 Å². The molecule has 0 saturated carbocycles. The number of nitrogens with one attached hydrogen (secondary N) is 1. The zero-order chi connectivity index (χ0) is 10.7. The van der Waals surface area contributed by atoms with Crippen LogP contribution in [0.4, 0.5) is 0 Å². The molecule has 3 nitrogen and oxygen atoms in total. The molecule has 1 aromatic carbocycles. The van der Waals surface area contributed by atoms with E-state index < -0.39 is 5.97 Å². The Kier molecular flexibility index (Phi) is 3.02. The van der Waals surface area contributed by atoms with Gasteiger partial charge in [0.25, 0.3) is 0 Å². The van der Waals surface area contributed by atoms with Gasteiger partial charge in [-0.15, -0.1) is 0 Å². The maximum absolute atomic E-state index is 10.7. The van der Waals surface area contributed by atoms with Gasteiger partial charge in [0.2, 0.25) is 0 Å². The molecule has 0 aliphatic carbocycles. The van der Waals surface area contributed by atoms with E-state index in [9.17, 15) is 4.79 Å². The van der Waals surface area contributed by atoms with E-state index in [-0.39, 0.29) is 6.04 Å². The average Bonchev–Trinajstić information content (AvgIpc) is 2.68. The van der Waals surface area contributed by atoms with Crippen LogP contribution in [0.15, 0.2) is 30.3 Å². The zero-order valence-electron chi connectivity index (χ0n) is 8.52. The third kappa shape index (κ3) is 2.57. The van der Waals surface area contributed by atoms with E-state index in [0.717, 1.165) is 19.4 Å². The molecule has 1 fully saturated rings. The van der Waals surface area contributed by atoms with Gasteiger partial charge in [-0.3, -0.25) is 4.79 Å². The lowest BCUT2D eigenvalue weighted by Crippen LogP contribution is -2.29. The van der Waals surface area contributed by atoms with E-state index in [1.54, 1.807) is 0 Å². The molecule has 0 aromatic heterocycles. The summed E-state index contributed by atoms with van der Waals surface area (Å²) >= 11 is 0. The molecule has 1 aliphatic heterocycles. The second-order valence-corrected chi connectivity index (χ2v) is 4.09. The van der Waals surface area contributed by atoms with Gasteiger partial charge < -0.3 is 10.4 Å². The Morgan fingerprint density at radius 1 is 1.40 bits per heavy atom. The summed E-state index contributed by atoms with van der Waals surface area (Å²) in [5.74, 6) is -0.279. The van der Waals surface area contributed by atoms with Crippen molar-refractivity contribution in [3.8, 4) is 0 Å². The molecule has 2 N–H and O–H groups in total. The Morgan fingerprint density at radius 2 is 2.13 bits per heavy atom. The molecule has 3 heteroatoms. The number of carboxylic acids is 1. The van der Waals surface area contributed by atoms with Crippen molar-refractivity contribution in [2.24, 2.45) is 5.92 Å². The second-order valence-electron chi connectivity index (χ2n) is 4.09. The first-order valence-electron chi connectivity index (χ1n) is 5.26. The van der Waals surface area contributed by atoms with Crippen LogP contribution in [-0.4, -0.2) is 23.7 Å². The lowest BCUT2D eigenvalue weighted by Gasteiger charge is -2.07. The van der Waals surface area contributed by atoms with E-state index in [2.05, 4.69) is 17.4 Å². The second kappa shape index (κ2) is 4.45. The maximum Gasteiger partial charge on any atom is 0.320 e. The minimum atomic E-state index is -0.731. The molecule has 0 radical (unpaired) electrons. The molecule has 0 spiro atoms. The van der Waals surface area contributed by atoms with Crippen molar-refractivity contribution in [3.63, 3.8) is 0 Å². The molecular formula is C12H15NO2. The predicted octanol–water partition coefficient (Wildman–Crippen LogP) is 1.29. The zero-order valence-corrected chi connectivity index (χ0v) is 8.52. The minimum Gasteiger partial charge on any atom is -0.480 e. The highest BCUT2D eigenvalue weighted by atomic mass is 16.4. The highest BCUT2D eigenvalue weighted by Crippen LogP contribution is 2.19. The summed E-state index contributed by atoms with van der Waals surface area (Å²) in [6, 6.07) is 9.87. The lowest BCUT2D eigenvalue weighted by molar-refractivity contribution is -0.139. The smallest absolute Gasteiger partial charge is 0.320 e. The van der Waals surface area contributed by atoms with Gasteiger partial charge in [0.15, 0.2) is 0 Å². The monoisotopic (exact) mass is 205 g/mol. The highest BCUT2D eigenvalue weighted by Gasteiger charge is 2.28. The SMILES string of the molecule is O=C(O)[C@H]1CC(Cc2ccccc2)CN1. The lowest BCUT2D eigenvalue weighted by atomic mass is 9.97. The Balaban J connectivity index is 1.90. The minimum absolute atomic E-state index is 0.348. The Morgan fingerprint density at radius 3 is 2.73 bits per heavy atom. The van der Waals surface area contributed by atoms with Crippen molar-refractivity contribution >= 4 is 5.97 Å². The molecule has 1 heterocycles. The molecule has 2 atom stereocenters. The molecule has 80 valence electrons. The van der Waals surface area contributed by atoms with Crippen LogP contribution < -0.4 is 5.32 Å². The number of carbonyl (C=O) groups is 1. The molecule has 2 rings (SSSR count). The molecule has 1 aliphatic rings. The van der Waals surface area contributed by atoms with Gasteiger partial charge in [-0.1, -0.05) is 30.3 Å². The number of rotatable bonds is 3. The highest BCUT2D eigenvalue weighted by molar-refractivity contribution is 5.73. The van der Waals surface area contributed by atoms with Gasteiger partial charge in [-0.25, -0.2) is 0 Å². The van der Waals surface area contributed by atoms with Crippen LogP contribution in [0.25, 0.3) is 0 Å². The third-order valence-electron chi connectivity index (χ3n) is 2.89. The predicted molar refractivity (Wildman–Crippen MR) is 57.7 cm³/mol. The van der Waals surface area contributed by atoms with E-state index in [1.807, 2.05) is 18.2 Å². The van der Waals surface area contributed by atoms with Crippen LogP contribution in [0.1, 0.15) is 12.0 Å². The first-order chi connectivity index (χ1) is 7.25. The number of aliphatic carboxylic acids is 1. The van der Waals surface area contributed by atoms with Crippen molar-refractivity contribution in [1.82, 2.24) is 5.32 Å². The molecule has 1 saturated heterocycles. The maximum atomic E-state index is 10.7. The number of hydrogen-bond donors (Lipinski definition) is 2. The van der Waals surface area contributed by atoms with Crippen LogP contribution in [0.5, 0.6) is 0 Å². The standard InChI is InChI=1S/C12H15NO2/c14-12(15)11-7-10(8-13-11)6-9-4-2-1-3-5-9/h1-5,10-11,13H,6-8H2,(H,14,15)/t10?,11-/m1/s1. The molecular weight excluding hydrogens is 190 g/mol. The summed E-state index contributed by atoms with van der Waals surface area (Å²) in [6.45, 7) is 0.811. The fraction of sp³-hybridized carbons (Fsp3) is 0.417. The van der Waals surface area contributed by atoms with E-state index in [1.165, 1.54) is 5.56 Å². The van der Waals surface area contributed by atoms with Gasteiger partial charge in [0.05, 0.1) is 0 Å². The average molecular weight is 205 g/mol. The fourth-order valence-electron chi connectivity index (χ4n) is 2.10. The molecule has 1 aromatic rings. The molecule has 1 unspecified atom stereocenters. The van der Waals surface area contributed by atoms with Crippen molar-refractivity contribution < 1.29 is 9.90 Å². The summed E-state index contributed by atoms with van der Waals surface area (Å²) in [5, 5.41) is 11.9. The first-order valence-corrected chi connectivity index (χ1v) is 5.26. The largest absolute Gasteiger partial charge is 0.480 e. The van der Waals surface area contributed by atoms with Gasteiger partial charge >= 0.3 is 5.97 Å². The first kappa shape index (κ1) is 10.2. The van der Waals surface area contributed by atoms with E-state index in [4.69, 9.17) is 5.11 Å². The van der Waals surface area contributed by atoms with Crippen molar-refractivity contribution in [2.45, 2.75) is 18.9 Å². The topological polar surface area (TPSA) is 49.3 Å². The quantitative estimate of drug-likeness (QED) is 0.781. The van der Waals surface area contributed by atoms with Gasteiger partial charge in [0.1, 0.15) is 6.04 Å². The summed E-state index contributed by atoms with van der Waals surface area (Å²) in [5.41, 5.74) is 1.29. The van der Waals surface area contributed by atoms with E-state index >= 15 is 0 Å². The number of hydrogen-bond acceptors (Lipinski definition) is 2.